The van der Waals surface area contributed by atoms with E-state index in [9.17, 15) is 14.0 Å². The highest BCUT2D eigenvalue weighted by molar-refractivity contribution is 6.46. The molecule has 0 saturated heterocycles. The van der Waals surface area contributed by atoms with Crippen molar-refractivity contribution in [3.05, 3.63) is 89.9 Å². The largest absolute Gasteiger partial charge is 0.497 e. The number of imide groups is 1. The number of nitrogens with zero attached hydrogens (tertiary/aromatic N) is 1. The van der Waals surface area contributed by atoms with Gasteiger partial charge in [0.05, 0.1) is 24.5 Å². The number of anilines is 2. The Morgan fingerprint density at radius 3 is 2.00 bits per heavy atom. The van der Waals surface area contributed by atoms with Crippen molar-refractivity contribution in [2.75, 3.05) is 17.3 Å². The van der Waals surface area contributed by atoms with E-state index in [0.29, 0.717) is 22.7 Å². The van der Waals surface area contributed by atoms with Crippen LogP contribution >= 0.6 is 0 Å². The number of carbonyl (C=O) groups is 2. The monoisotopic (exact) mass is 446 g/mol. The lowest BCUT2D eigenvalue weighted by atomic mass is 10.0. The molecular weight excluding hydrogens is 423 g/mol. The standard InChI is InChI=1S/C26H23FN2O4/c1-16(2)33-22-14-8-19(9-15-22)28-24-23(17-4-12-21(32-3)13-5-17)25(30)29(26(24)31)20-10-6-18(27)7-11-20/h4-16,28H,1-3H3. The third-order valence-corrected chi connectivity index (χ3v) is 5.04. The molecule has 6 nitrogen and oxygen atoms in total. The average Bonchev–Trinajstić information content (AvgIpc) is 3.05. The van der Waals surface area contributed by atoms with Crippen LogP contribution in [0.5, 0.6) is 11.5 Å². The van der Waals surface area contributed by atoms with Crippen molar-refractivity contribution in [1.82, 2.24) is 0 Å². The van der Waals surface area contributed by atoms with Crippen LogP contribution in [0.4, 0.5) is 15.8 Å². The van der Waals surface area contributed by atoms with Gasteiger partial charge in [0.15, 0.2) is 0 Å². The van der Waals surface area contributed by atoms with Crippen molar-refractivity contribution >= 4 is 28.8 Å². The highest BCUT2D eigenvalue weighted by Crippen LogP contribution is 2.34. The summed E-state index contributed by atoms with van der Waals surface area (Å²) in [6, 6.07) is 19.2. The summed E-state index contributed by atoms with van der Waals surface area (Å²) in [6.07, 6.45) is 0.0338. The Balaban J connectivity index is 1.73. The van der Waals surface area contributed by atoms with E-state index in [1.54, 1.807) is 55.6 Å². The molecule has 2 amide bonds. The molecule has 1 N–H and O–H groups in total. The summed E-state index contributed by atoms with van der Waals surface area (Å²) in [4.78, 5) is 27.8. The van der Waals surface area contributed by atoms with Gasteiger partial charge in [-0.1, -0.05) is 12.1 Å². The minimum atomic E-state index is -0.528. The van der Waals surface area contributed by atoms with Crippen LogP contribution in [0.3, 0.4) is 0 Å². The predicted molar refractivity (Wildman–Crippen MR) is 125 cm³/mol. The van der Waals surface area contributed by atoms with E-state index >= 15 is 0 Å². The molecule has 0 aromatic heterocycles. The molecule has 7 heteroatoms. The molecule has 0 spiro atoms. The number of carbonyl (C=O) groups excluding carboxylic acids is 2. The van der Waals surface area contributed by atoms with Gasteiger partial charge in [0.1, 0.15) is 23.0 Å². The summed E-state index contributed by atoms with van der Waals surface area (Å²) in [5.74, 6) is -0.161. The predicted octanol–water partition coefficient (Wildman–Crippen LogP) is 5.02. The normalized spacial score (nSPS) is 13.7. The van der Waals surface area contributed by atoms with Crippen LogP contribution in [0.1, 0.15) is 19.4 Å². The molecule has 0 radical (unpaired) electrons. The van der Waals surface area contributed by atoms with Gasteiger partial charge in [0.2, 0.25) is 0 Å². The molecule has 1 aliphatic heterocycles. The zero-order valence-electron chi connectivity index (χ0n) is 18.5. The van der Waals surface area contributed by atoms with E-state index < -0.39 is 17.6 Å². The van der Waals surface area contributed by atoms with Crippen LogP contribution in [0.15, 0.2) is 78.5 Å². The summed E-state index contributed by atoms with van der Waals surface area (Å²) < 4.78 is 24.3. The molecule has 168 valence electrons. The van der Waals surface area contributed by atoms with E-state index in [0.717, 1.165) is 4.90 Å². The van der Waals surface area contributed by atoms with E-state index in [1.165, 1.54) is 24.3 Å². The topological polar surface area (TPSA) is 67.9 Å². The first-order valence-electron chi connectivity index (χ1n) is 10.4. The molecule has 0 unspecified atom stereocenters. The summed E-state index contributed by atoms with van der Waals surface area (Å²) in [6.45, 7) is 3.87. The molecular formula is C26H23FN2O4. The first-order chi connectivity index (χ1) is 15.9. The molecule has 3 aromatic carbocycles. The average molecular weight is 446 g/mol. The minimum absolute atomic E-state index is 0.0338. The van der Waals surface area contributed by atoms with Gasteiger partial charge in [0, 0.05) is 5.69 Å². The second-order valence-corrected chi connectivity index (χ2v) is 7.72. The molecule has 0 saturated carbocycles. The Labute approximate surface area is 191 Å². The van der Waals surface area contributed by atoms with Gasteiger partial charge in [-0.2, -0.15) is 0 Å². The van der Waals surface area contributed by atoms with Gasteiger partial charge < -0.3 is 14.8 Å². The van der Waals surface area contributed by atoms with Crippen molar-refractivity contribution < 1.29 is 23.5 Å². The minimum Gasteiger partial charge on any atom is -0.497 e. The van der Waals surface area contributed by atoms with Crippen molar-refractivity contribution in [3.8, 4) is 11.5 Å². The first kappa shape index (κ1) is 22.1. The van der Waals surface area contributed by atoms with Crippen LogP contribution in [-0.2, 0) is 9.59 Å². The maximum atomic E-state index is 13.4. The number of hydrogen-bond donors (Lipinski definition) is 1. The lowest BCUT2D eigenvalue weighted by Gasteiger charge is -2.15. The molecule has 0 fully saturated rings. The van der Waals surface area contributed by atoms with Crippen LogP contribution in [0, 0.1) is 5.82 Å². The molecule has 0 atom stereocenters. The van der Waals surface area contributed by atoms with E-state index in [-0.39, 0.29) is 23.1 Å². The van der Waals surface area contributed by atoms with Gasteiger partial charge in [-0.25, -0.2) is 9.29 Å². The highest BCUT2D eigenvalue weighted by atomic mass is 19.1. The number of hydrogen-bond acceptors (Lipinski definition) is 5. The number of ether oxygens (including phenoxy) is 2. The quantitative estimate of drug-likeness (QED) is 0.517. The van der Waals surface area contributed by atoms with Crippen LogP contribution in [-0.4, -0.2) is 25.0 Å². The van der Waals surface area contributed by atoms with Crippen molar-refractivity contribution in [3.63, 3.8) is 0 Å². The number of amides is 2. The number of rotatable bonds is 7. The molecule has 1 heterocycles. The number of methoxy groups -OCH3 is 1. The van der Waals surface area contributed by atoms with E-state index in [4.69, 9.17) is 9.47 Å². The van der Waals surface area contributed by atoms with Crippen LogP contribution in [0.2, 0.25) is 0 Å². The maximum Gasteiger partial charge on any atom is 0.282 e. The number of nitrogens with one attached hydrogen (secondary N) is 1. The zero-order chi connectivity index (χ0) is 23.5. The van der Waals surface area contributed by atoms with Crippen LogP contribution in [0.25, 0.3) is 5.57 Å². The zero-order valence-corrected chi connectivity index (χ0v) is 18.5. The Bertz CT molecular complexity index is 1200. The highest BCUT2D eigenvalue weighted by Gasteiger charge is 2.40. The van der Waals surface area contributed by atoms with E-state index in [2.05, 4.69) is 5.32 Å². The van der Waals surface area contributed by atoms with Crippen molar-refractivity contribution in [2.45, 2.75) is 20.0 Å². The van der Waals surface area contributed by atoms with Gasteiger partial charge in [-0.15, -0.1) is 0 Å². The second kappa shape index (κ2) is 9.16. The molecule has 4 rings (SSSR count). The van der Waals surface area contributed by atoms with Gasteiger partial charge in [-0.3, -0.25) is 9.59 Å². The smallest absolute Gasteiger partial charge is 0.282 e. The lowest BCUT2D eigenvalue weighted by Crippen LogP contribution is -2.32. The third-order valence-electron chi connectivity index (χ3n) is 5.04. The fraction of sp³-hybridized carbons (Fsp3) is 0.154. The summed E-state index contributed by atoms with van der Waals surface area (Å²) in [5.41, 5.74) is 1.81. The first-order valence-corrected chi connectivity index (χ1v) is 10.4. The second-order valence-electron chi connectivity index (χ2n) is 7.72. The van der Waals surface area contributed by atoms with Gasteiger partial charge >= 0.3 is 0 Å². The summed E-state index contributed by atoms with van der Waals surface area (Å²) in [5, 5.41) is 3.10. The maximum absolute atomic E-state index is 13.4. The fourth-order valence-electron chi connectivity index (χ4n) is 3.53. The van der Waals surface area contributed by atoms with Crippen molar-refractivity contribution in [2.24, 2.45) is 0 Å². The lowest BCUT2D eigenvalue weighted by molar-refractivity contribution is -0.120. The number of halogens is 1. The Hall–Kier alpha value is -4.13. The SMILES string of the molecule is COc1ccc(C2=C(Nc3ccc(OC(C)C)cc3)C(=O)N(c3ccc(F)cc3)C2=O)cc1. The Kier molecular flexibility index (Phi) is 6.13. The molecule has 0 bridgehead atoms. The molecule has 33 heavy (non-hydrogen) atoms. The molecule has 0 aliphatic carbocycles. The Morgan fingerprint density at radius 1 is 0.818 bits per heavy atom. The summed E-state index contributed by atoms with van der Waals surface area (Å²) in [7, 11) is 1.55. The van der Waals surface area contributed by atoms with Crippen LogP contribution < -0.4 is 19.7 Å². The van der Waals surface area contributed by atoms with E-state index in [1.807, 2.05) is 13.8 Å². The third kappa shape index (κ3) is 4.57. The Morgan fingerprint density at radius 2 is 1.42 bits per heavy atom. The molecule has 1 aliphatic rings. The van der Waals surface area contributed by atoms with Gasteiger partial charge in [0.25, 0.3) is 11.8 Å². The van der Waals surface area contributed by atoms with Crippen molar-refractivity contribution in [1.29, 1.82) is 0 Å². The van der Waals surface area contributed by atoms with Gasteiger partial charge in [-0.05, 0) is 80.1 Å². The number of benzene rings is 3. The summed E-state index contributed by atoms with van der Waals surface area (Å²) >= 11 is 0. The molecule has 3 aromatic rings. The fourth-order valence-corrected chi connectivity index (χ4v) is 3.53.